The zero-order chi connectivity index (χ0) is 14.8. The van der Waals surface area contributed by atoms with Crippen molar-refractivity contribution in [2.24, 2.45) is 7.05 Å². The highest BCUT2D eigenvalue weighted by molar-refractivity contribution is 5.95. The normalized spacial score (nSPS) is 14.8. The van der Waals surface area contributed by atoms with Crippen LogP contribution in [0.1, 0.15) is 29.2 Å². The van der Waals surface area contributed by atoms with Crippen molar-refractivity contribution in [2.45, 2.75) is 25.3 Å². The lowest BCUT2D eigenvalue weighted by atomic mass is 10.1. The Kier molecular flexibility index (Phi) is 3.75. The Hall–Kier alpha value is -2.14. The average Bonchev–Trinajstić information content (AvgIpc) is 3.08. The number of likely N-dealkylation sites (N-methyl/N-ethyl adjacent to an activating group) is 1. The standard InChI is InChI=1S/C16H20N4O/c1-17-15(13-9-18-20(2)10-13)16(21)19-14-7-6-11-4-3-5-12(11)8-14/h6-10,15,17H,3-5H2,1-2H3,(H,19,21). The monoisotopic (exact) mass is 284 g/mol. The summed E-state index contributed by atoms with van der Waals surface area (Å²) in [5.41, 5.74) is 4.49. The van der Waals surface area contributed by atoms with E-state index < -0.39 is 6.04 Å². The summed E-state index contributed by atoms with van der Waals surface area (Å²) in [5, 5.41) is 10.1. The Morgan fingerprint density at radius 1 is 1.33 bits per heavy atom. The third kappa shape index (κ3) is 2.83. The highest BCUT2D eigenvalue weighted by atomic mass is 16.2. The summed E-state index contributed by atoms with van der Waals surface area (Å²) in [6, 6.07) is 5.80. The molecule has 21 heavy (non-hydrogen) atoms. The number of hydrogen-bond acceptors (Lipinski definition) is 3. The number of fused-ring (bicyclic) bond motifs is 1. The van der Waals surface area contributed by atoms with Crippen LogP contribution in [0.3, 0.4) is 0 Å². The molecule has 0 fully saturated rings. The second-order valence-corrected chi connectivity index (χ2v) is 5.50. The van der Waals surface area contributed by atoms with Gasteiger partial charge in [-0.05, 0) is 49.6 Å². The van der Waals surface area contributed by atoms with Crippen LogP contribution in [0.15, 0.2) is 30.6 Å². The molecule has 0 bridgehead atoms. The largest absolute Gasteiger partial charge is 0.324 e. The number of benzene rings is 1. The number of aryl methyl sites for hydroxylation is 3. The van der Waals surface area contributed by atoms with E-state index >= 15 is 0 Å². The molecule has 2 N–H and O–H groups in total. The van der Waals surface area contributed by atoms with Gasteiger partial charge in [-0.25, -0.2) is 0 Å². The molecule has 0 aliphatic heterocycles. The number of anilines is 1. The average molecular weight is 284 g/mol. The van der Waals surface area contributed by atoms with Crippen molar-refractivity contribution in [1.29, 1.82) is 0 Å². The van der Waals surface area contributed by atoms with Crippen molar-refractivity contribution in [2.75, 3.05) is 12.4 Å². The maximum Gasteiger partial charge on any atom is 0.246 e. The molecule has 1 aromatic carbocycles. The van der Waals surface area contributed by atoms with E-state index in [0.717, 1.165) is 24.1 Å². The van der Waals surface area contributed by atoms with Crippen LogP contribution >= 0.6 is 0 Å². The van der Waals surface area contributed by atoms with Gasteiger partial charge >= 0.3 is 0 Å². The number of nitrogens with one attached hydrogen (secondary N) is 2. The molecule has 1 unspecified atom stereocenters. The summed E-state index contributed by atoms with van der Waals surface area (Å²) < 4.78 is 1.70. The Morgan fingerprint density at radius 2 is 2.14 bits per heavy atom. The van der Waals surface area contributed by atoms with Crippen LogP contribution in [0.4, 0.5) is 5.69 Å². The van der Waals surface area contributed by atoms with Crippen LogP contribution in [-0.4, -0.2) is 22.7 Å². The predicted octanol–water partition coefficient (Wildman–Crippen LogP) is 1.81. The minimum Gasteiger partial charge on any atom is -0.324 e. The van der Waals surface area contributed by atoms with E-state index in [-0.39, 0.29) is 5.91 Å². The SMILES string of the molecule is CNC(C(=O)Nc1ccc2c(c1)CCC2)c1cnn(C)c1. The third-order valence-electron chi connectivity index (χ3n) is 3.98. The van der Waals surface area contributed by atoms with E-state index in [0.29, 0.717) is 0 Å². The number of amides is 1. The number of carbonyl (C=O) groups excluding carboxylic acids is 1. The minimum absolute atomic E-state index is 0.0663. The van der Waals surface area contributed by atoms with Gasteiger partial charge in [0.15, 0.2) is 0 Å². The maximum absolute atomic E-state index is 12.4. The zero-order valence-corrected chi connectivity index (χ0v) is 12.4. The Bertz CT molecular complexity index is 662. The van der Waals surface area contributed by atoms with Gasteiger partial charge in [0.2, 0.25) is 5.91 Å². The van der Waals surface area contributed by atoms with Gasteiger partial charge in [0.25, 0.3) is 0 Å². The Labute approximate surface area is 124 Å². The number of hydrogen-bond donors (Lipinski definition) is 2. The third-order valence-corrected chi connectivity index (χ3v) is 3.98. The van der Waals surface area contributed by atoms with Crippen molar-refractivity contribution in [1.82, 2.24) is 15.1 Å². The van der Waals surface area contributed by atoms with Gasteiger partial charge in [-0.15, -0.1) is 0 Å². The summed E-state index contributed by atoms with van der Waals surface area (Å²) in [5.74, 6) is -0.0663. The second kappa shape index (κ2) is 5.69. The first kappa shape index (κ1) is 13.8. The Balaban J connectivity index is 1.75. The molecule has 1 aromatic heterocycles. The van der Waals surface area contributed by atoms with Crippen molar-refractivity contribution >= 4 is 11.6 Å². The Morgan fingerprint density at radius 3 is 2.86 bits per heavy atom. The van der Waals surface area contributed by atoms with E-state index in [2.05, 4.69) is 27.9 Å². The van der Waals surface area contributed by atoms with Gasteiger partial charge in [0, 0.05) is 24.5 Å². The van der Waals surface area contributed by atoms with Gasteiger partial charge in [-0.1, -0.05) is 6.07 Å². The molecule has 0 saturated carbocycles. The fourth-order valence-electron chi connectivity index (χ4n) is 2.90. The smallest absolute Gasteiger partial charge is 0.246 e. The van der Waals surface area contributed by atoms with E-state index in [1.165, 1.54) is 17.5 Å². The number of nitrogens with zero attached hydrogens (tertiary/aromatic N) is 2. The summed E-state index contributed by atoms with van der Waals surface area (Å²) in [6.07, 6.45) is 7.03. The molecule has 110 valence electrons. The lowest BCUT2D eigenvalue weighted by Gasteiger charge is -2.15. The molecule has 1 heterocycles. The quantitative estimate of drug-likeness (QED) is 0.900. The van der Waals surface area contributed by atoms with Crippen molar-refractivity contribution in [3.63, 3.8) is 0 Å². The molecular formula is C16H20N4O. The molecule has 1 aliphatic carbocycles. The predicted molar refractivity (Wildman–Crippen MR) is 82.1 cm³/mol. The van der Waals surface area contributed by atoms with E-state index in [1.807, 2.05) is 19.3 Å². The summed E-state index contributed by atoms with van der Waals surface area (Å²) in [6.45, 7) is 0. The van der Waals surface area contributed by atoms with Gasteiger partial charge in [-0.3, -0.25) is 9.48 Å². The highest BCUT2D eigenvalue weighted by Crippen LogP contribution is 2.25. The molecule has 5 nitrogen and oxygen atoms in total. The van der Waals surface area contributed by atoms with Crippen molar-refractivity contribution in [3.05, 3.63) is 47.3 Å². The number of carbonyl (C=O) groups is 1. The van der Waals surface area contributed by atoms with E-state index in [1.54, 1.807) is 17.9 Å². The molecule has 2 aromatic rings. The number of aromatic nitrogens is 2. The number of rotatable bonds is 4. The van der Waals surface area contributed by atoms with E-state index in [9.17, 15) is 4.79 Å². The second-order valence-electron chi connectivity index (χ2n) is 5.50. The van der Waals surface area contributed by atoms with Crippen LogP contribution in [0, 0.1) is 0 Å². The van der Waals surface area contributed by atoms with Gasteiger partial charge in [-0.2, -0.15) is 5.10 Å². The van der Waals surface area contributed by atoms with Gasteiger partial charge < -0.3 is 10.6 Å². The fraction of sp³-hybridized carbons (Fsp3) is 0.375. The molecule has 1 aliphatic rings. The summed E-state index contributed by atoms with van der Waals surface area (Å²) in [7, 11) is 3.62. The van der Waals surface area contributed by atoms with Crippen molar-refractivity contribution < 1.29 is 4.79 Å². The summed E-state index contributed by atoms with van der Waals surface area (Å²) >= 11 is 0. The first-order valence-corrected chi connectivity index (χ1v) is 7.26. The minimum atomic E-state index is -0.396. The molecule has 1 atom stereocenters. The van der Waals surface area contributed by atoms with Gasteiger partial charge in [0.1, 0.15) is 6.04 Å². The lowest BCUT2D eigenvalue weighted by Crippen LogP contribution is -2.30. The maximum atomic E-state index is 12.4. The molecule has 5 heteroatoms. The van der Waals surface area contributed by atoms with Crippen molar-refractivity contribution in [3.8, 4) is 0 Å². The molecule has 0 saturated heterocycles. The molecule has 1 amide bonds. The molecule has 0 spiro atoms. The van der Waals surface area contributed by atoms with Gasteiger partial charge in [0.05, 0.1) is 6.20 Å². The topological polar surface area (TPSA) is 59.0 Å². The van der Waals surface area contributed by atoms with Crippen LogP contribution in [-0.2, 0) is 24.7 Å². The first-order valence-electron chi connectivity index (χ1n) is 7.26. The fourth-order valence-corrected chi connectivity index (χ4v) is 2.90. The van der Waals surface area contributed by atoms with E-state index in [4.69, 9.17) is 0 Å². The summed E-state index contributed by atoms with van der Waals surface area (Å²) in [4.78, 5) is 12.4. The lowest BCUT2D eigenvalue weighted by molar-refractivity contribution is -0.118. The molecular weight excluding hydrogens is 264 g/mol. The van der Waals surface area contributed by atoms with Crippen LogP contribution < -0.4 is 10.6 Å². The highest BCUT2D eigenvalue weighted by Gasteiger charge is 2.20. The van der Waals surface area contributed by atoms with Crippen LogP contribution in [0.5, 0.6) is 0 Å². The first-order chi connectivity index (χ1) is 10.2. The van der Waals surface area contributed by atoms with Crippen LogP contribution in [0.2, 0.25) is 0 Å². The molecule has 3 rings (SSSR count). The van der Waals surface area contributed by atoms with Crippen LogP contribution in [0.25, 0.3) is 0 Å². The zero-order valence-electron chi connectivity index (χ0n) is 12.4. The molecule has 0 radical (unpaired) electrons.